The van der Waals surface area contributed by atoms with Crippen molar-refractivity contribution in [3.05, 3.63) is 107 Å². The fourth-order valence-corrected chi connectivity index (χ4v) is 8.53. The van der Waals surface area contributed by atoms with Gasteiger partial charge in [-0.05, 0) is 79.4 Å². The molecule has 5 aromatic rings. The van der Waals surface area contributed by atoms with Crippen LogP contribution in [-0.2, 0) is 22.7 Å². The standard InChI is InChI=1S/C42H43N9O4/c1-48-15-3-6-35(48)34-20-29-23-43-37(21-33(29)45-34)46-40(53)28-11-13-38(44-22-28)50-18-16-49(17-19-50)24-26-7-9-27(10-8-26)30-4-2-5-31-32(30)25-51(42(31)55)36-12-14-39(52)47-41(36)54/h2,4-5,7-11,13,20-23,35-36,45H,3,6,12,14-19,24-25H2,1H3,(H,43,46,53)(H,47,52,54)/t35-,36?/m1/s1. The first-order valence-corrected chi connectivity index (χ1v) is 19.1. The van der Waals surface area contributed by atoms with Crippen LogP contribution >= 0.6 is 0 Å². The Bertz CT molecular complexity index is 2300. The number of nitrogens with one attached hydrogen (secondary N) is 3. The van der Waals surface area contributed by atoms with Crippen molar-refractivity contribution in [1.82, 2.24) is 35.0 Å². The second kappa shape index (κ2) is 14.4. The summed E-state index contributed by atoms with van der Waals surface area (Å²) in [6, 6.07) is 21.7. The number of amides is 4. The Morgan fingerprint density at radius 3 is 2.44 bits per heavy atom. The summed E-state index contributed by atoms with van der Waals surface area (Å²) >= 11 is 0. The number of benzene rings is 2. The van der Waals surface area contributed by atoms with Gasteiger partial charge in [0.05, 0.1) is 11.1 Å². The summed E-state index contributed by atoms with van der Waals surface area (Å²) in [6.45, 7) is 5.66. The maximum absolute atomic E-state index is 13.3. The van der Waals surface area contributed by atoms with Gasteiger partial charge in [0.1, 0.15) is 17.7 Å². The maximum atomic E-state index is 13.3. The van der Waals surface area contributed by atoms with E-state index in [9.17, 15) is 19.2 Å². The molecule has 3 fully saturated rings. The Hall–Kier alpha value is -5.92. The van der Waals surface area contributed by atoms with Crippen molar-refractivity contribution in [3.63, 3.8) is 0 Å². The van der Waals surface area contributed by atoms with Gasteiger partial charge < -0.3 is 20.1 Å². The van der Waals surface area contributed by atoms with Gasteiger partial charge in [-0.25, -0.2) is 9.97 Å². The van der Waals surface area contributed by atoms with Crippen molar-refractivity contribution in [1.29, 1.82) is 0 Å². The molecule has 4 amide bonds. The molecule has 7 heterocycles. The average molecular weight is 738 g/mol. The Balaban J connectivity index is 0.779. The lowest BCUT2D eigenvalue weighted by Crippen LogP contribution is -2.52. The van der Waals surface area contributed by atoms with Gasteiger partial charge in [-0.2, -0.15) is 0 Å². The summed E-state index contributed by atoms with van der Waals surface area (Å²) in [5.41, 5.74) is 7.35. The van der Waals surface area contributed by atoms with Crippen LogP contribution in [0.15, 0.2) is 79.1 Å². The fourth-order valence-electron chi connectivity index (χ4n) is 8.53. The number of aromatic nitrogens is 3. The number of hydrogen-bond donors (Lipinski definition) is 3. The third kappa shape index (κ3) is 6.85. The van der Waals surface area contributed by atoms with E-state index in [-0.39, 0.29) is 24.1 Å². The van der Waals surface area contributed by atoms with Gasteiger partial charge in [0, 0.05) is 86.8 Å². The molecule has 13 heteroatoms. The topological polar surface area (TPSA) is 147 Å². The van der Waals surface area contributed by atoms with Crippen molar-refractivity contribution in [3.8, 4) is 11.1 Å². The quantitative estimate of drug-likeness (QED) is 0.193. The minimum atomic E-state index is -0.637. The number of carbonyl (C=O) groups is 4. The van der Waals surface area contributed by atoms with E-state index in [1.165, 1.54) is 17.7 Å². The third-order valence-corrected chi connectivity index (χ3v) is 11.6. The van der Waals surface area contributed by atoms with Gasteiger partial charge in [0.25, 0.3) is 11.8 Å². The van der Waals surface area contributed by atoms with Crippen LogP contribution in [0.5, 0.6) is 0 Å². The summed E-state index contributed by atoms with van der Waals surface area (Å²) < 4.78 is 0. The van der Waals surface area contributed by atoms with E-state index in [1.54, 1.807) is 17.3 Å². The van der Waals surface area contributed by atoms with Crippen LogP contribution in [0.3, 0.4) is 0 Å². The number of fused-ring (bicyclic) bond motifs is 2. The number of hydrogen-bond acceptors (Lipinski definition) is 9. The normalized spacial score (nSPS) is 20.6. The second-order valence-corrected chi connectivity index (χ2v) is 15.1. The number of piperazine rings is 1. The van der Waals surface area contributed by atoms with Crippen LogP contribution < -0.4 is 15.5 Å². The van der Waals surface area contributed by atoms with Crippen molar-refractivity contribution in [2.45, 2.75) is 50.9 Å². The molecule has 4 aliphatic heterocycles. The minimum absolute atomic E-state index is 0.168. The molecule has 3 saturated heterocycles. The summed E-state index contributed by atoms with van der Waals surface area (Å²) in [5.74, 6) is 0.237. The van der Waals surface area contributed by atoms with Crippen LogP contribution in [0.2, 0.25) is 0 Å². The van der Waals surface area contributed by atoms with Crippen molar-refractivity contribution in [2.24, 2.45) is 0 Å². The number of likely N-dealkylation sites (tertiary alicyclic amines) is 1. The molecule has 0 spiro atoms. The molecular weight excluding hydrogens is 695 g/mol. The molecule has 1 unspecified atom stereocenters. The Labute approximate surface area is 318 Å². The maximum Gasteiger partial charge on any atom is 0.258 e. The Kier molecular flexibility index (Phi) is 9.11. The SMILES string of the molecule is CN1CCC[C@@H]1c1cc2cnc(NC(=O)c3ccc(N4CCN(Cc5ccc(-c6cccc7c6CN(C6CCC(=O)NC6=O)C7=O)cc5)CC4)nc3)cc2[nH]1. The smallest absolute Gasteiger partial charge is 0.258 e. The van der Waals surface area contributed by atoms with Gasteiger partial charge in [0.15, 0.2) is 0 Å². The van der Waals surface area contributed by atoms with E-state index >= 15 is 0 Å². The highest BCUT2D eigenvalue weighted by atomic mass is 16.2. The number of carbonyl (C=O) groups excluding carboxylic acids is 4. The number of pyridine rings is 2. The first kappa shape index (κ1) is 34.8. The molecule has 0 aliphatic carbocycles. The highest BCUT2D eigenvalue weighted by molar-refractivity contribution is 6.06. The average Bonchev–Trinajstić information content (AvgIpc) is 3.92. The second-order valence-electron chi connectivity index (χ2n) is 15.1. The lowest BCUT2D eigenvalue weighted by molar-refractivity contribution is -0.136. The zero-order chi connectivity index (χ0) is 37.6. The largest absolute Gasteiger partial charge is 0.357 e. The first-order chi connectivity index (χ1) is 26.8. The van der Waals surface area contributed by atoms with Crippen molar-refractivity contribution in [2.75, 3.05) is 50.0 Å². The lowest BCUT2D eigenvalue weighted by atomic mass is 9.96. The van der Waals surface area contributed by atoms with Gasteiger partial charge in [0.2, 0.25) is 11.8 Å². The van der Waals surface area contributed by atoms with Gasteiger partial charge in [-0.3, -0.25) is 34.3 Å². The summed E-state index contributed by atoms with van der Waals surface area (Å²) in [6.07, 6.45) is 6.33. The monoisotopic (exact) mass is 737 g/mol. The minimum Gasteiger partial charge on any atom is -0.357 e. The molecule has 55 heavy (non-hydrogen) atoms. The van der Waals surface area contributed by atoms with E-state index in [0.29, 0.717) is 36.0 Å². The molecule has 3 aromatic heterocycles. The summed E-state index contributed by atoms with van der Waals surface area (Å²) in [4.78, 5) is 71.9. The molecule has 3 N–H and O–H groups in total. The zero-order valence-electron chi connectivity index (χ0n) is 30.8. The number of rotatable bonds is 8. The molecule has 4 aliphatic rings. The lowest BCUT2D eigenvalue weighted by Gasteiger charge is -2.35. The zero-order valence-corrected chi connectivity index (χ0v) is 30.8. The number of H-pyrrole nitrogens is 1. The molecule has 9 rings (SSSR count). The molecule has 0 radical (unpaired) electrons. The predicted octanol–water partition coefficient (Wildman–Crippen LogP) is 4.73. The fraction of sp³-hybridized carbons (Fsp3) is 0.333. The molecule has 0 saturated carbocycles. The van der Waals surface area contributed by atoms with E-state index in [4.69, 9.17) is 0 Å². The van der Waals surface area contributed by atoms with Gasteiger partial charge in [-0.1, -0.05) is 36.4 Å². The van der Waals surface area contributed by atoms with Crippen LogP contribution in [-0.4, -0.2) is 99.1 Å². The third-order valence-electron chi connectivity index (χ3n) is 11.6. The molecule has 2 aromatic carbocycles. The number of aromatic amines is 1. The predicted molar refractivity (Wildman–Crippen MR) is 208 cm³/mol. The molecule has 280 valence electrons. The van der Waals surface area contributed by atoms with Crippen molar-refractivity contribution >= 4 is 46.2 Å². The molecular formula is C42H43N9O4. The van der Waals surface area contributed by atoms with Crippen LogP contribution in [0.25, 0.3) is 22.0 Å². The van der Waals surface area contributed by atoms with E-state index in [2.05, 4.69) is 77.7 Å². The van der Waals surface area contributed by atoms with Crippen LogP contribution in [0.1, 0.15) is 69.3 Å². The van der Waals surface area contributed by atoms with Crippen molar-refractivity contribution < 1.29 is 19.2 Å². The van der Waals surface area contributed by atoms with E-state index in [0.717, 1.165) is 79.1 Å². The molecule has 13 nitrogen and oxygen atoms in total. The molecule has 2 atom stereocenters. The van der Waals surface area contributed by atoms with Crippen LogP contribution in [0.4, 0.5) is 11.6 Å². The number of anilines is 2. The first-order valence-electron chi connectivity index (χ1n) is 19.1. The van der Waals surface area contributed by atoms with E-state index in [1.807, 2.05) is 36.4 Å². The Morgan fingerprint density at radius 1 is 0.873 bits per heavy atom. The number of imide groups is 1. The van der Waals surface area contributed by atoms with Crippen LogP contribution in [0, 0.1) is 0 Å². The van der Waals surface area contributed by atoms with Gasteiger partial charge in [-0.15, -0.1) is 0 Å². The number of piperidine rings is 1. The number of nitrogens with zero attached hydrogens (tertiary/aromatic N) is 6. The summed E-state index contributed by atoms with van der Waals surface area (Å²) in [5, 5.41) is 6.34. The highest BCUT2D eigenvalue weighted by Crippen LogP contribution is 2.35. The van der Waals surface area contributed by atoms with E-state index < -0.39 is 11.9 Å². The molecule has 0 bridgehead atoms. The highest BCUT2D eigenvalue weighted by Gasteiger charge is 2.40. The summed E-state index contributed by atoms with van der Waals surface area (Å²) in [7, 11) is 2.15. The van der Waals surface area contributed by atoms with Gasteiger partial charge >= 0.3 is 0 Å². The Morgan fingerprint density at radius 2 is 1.69 bits per heavy atom.